The third-order valence-electron chi connectivity index (χ3n) is 2.83. The molecule has 0 spiro atoms. The Balaban J connectivity index is 2.55. The summed E-state index contributed by atoms with van der Waals surface area (Å²) in [6, 6.07) is 5.64. The van der Waals surface area contributed by atoms with Crippen molar-refractivity contribution in [3.8, 4) is 0 Å². The Morgan fingerprint density at radius 3 is 2.95 bits per heavy atom. The topological polar surface area (TPSA) is 68.5 Å². The highest BCUT2D eigenvalue weighted by molar-refractivity contribution is 9.10. The predicted octanol–water partition coefficient (Wildman–Crippen LogP) is 2.19. The van der Waals surface area contributed by atoms with Crippen molar-refractivity contribution in [1.82, 2.24) is 4.98 Å². The van der Waals surface area contributed by atoms with Gasteiger partial charge in [0.25, 0.3) is 0 Å². The number of halogens is 1. The van der Waals surface area contributed by atoms with E-state index in [4.69, 9.17) is 5.73 Å². The number of fused-ring (bicyclic) bond motifs is 1. The van der Waals surface area contributed by atoms with Gasteiger partial charge >= 0.3 is 5.97 Å². The quantitative estimate of drug-likeness (QED) is 0.692. The van der Waals surface area contributed by atoms with E-state index < -0.39 is 0 Å². The fourth-order valence-electron chi connectivity index (χ4n) is 1.89. The summed E-state index contributed by atoms with van der Waals surface area (Å²) in [5.74, 6) is 0.330. The average molecular weight is 324 g/mol. The van der Waals surface area contributed by atoms with Gasteiger partial charge in [-0.15, -0.1) is 0 Å². The number of carbonyl (C=O) groups is 1. The van der Waals surface area contributed by atoms with Gasteiger partial charge in [0.2, 0.25) is 0 Å². The highest BCUT2D eigenvalue weighted by Gasteiger charge is 2.15. The largest absolute Gasteiger partial charge is 0.468 e. The number of ether oxygens (including phenoxy) is 1. The summed E-state index contributed by atoms with van der Waals surface area (Å²) >= 11 is 3.45. The number of aromatic nitrogens is 1. The van der Waals surface area contributed by atoms with E-state index in [1.165, 1.54) is 7.11 Å². The highest BCUT2D eigenvalue weighted by atomic mass is 79.9. The van der Waals surface area contributed by atoms with Crippen LogP contribution in [0.1, 0.15) is 0 Å². The lowest BCUT2D eigenvalue weighted by Crippen LogP contribution is -2.27. The van der Waals surface area contributed by atoms with Gasteiger partial charge in [-0.05, 0) is 22.0 Å². The predicted molar refractivity (Wildman–Crippen MR) is 79.1 cm³/mol. The van der Waals surface area contributed by atoms with Crippen LogP contribution < -0.4 is 10.6 Å². The van der Waals surface area contributed by atoms with Gasteiger partial charge in [0.15, 0.2) is 0 Å². The molecule has 0 radical (unpaired) electrons. The van der Waals surface area contributed by atoms with Crippen LogP contribution in [0.5, 0.6) is 0 Å². The van der Waals surface area contributed by atoms with Crippen LogP contribution in [0.15, 0.2) is 28.9 Å². The standard InChI is InChI=1S/C13H14BrN3O2/c1-17(7-11(18)19-2)13-12-8(9(14)6-16-13)4-3-5-10(12)15/h3-6H,7,15H2,1-2H3. The van der Waals surface area contributed by atoms with E-state index in [9.17, 15) is 4.79 Å². The minimum absolute atomic E-state index is 0.120. The molecule has 1 heterocycles. The molecule has 0 amide bonds. The number of benzene rings is 1. The molecule has 0 aliphatic rings. The Bertz CT molecular complexity index is 631. The van der Waals surface area contributed by atoms with Crippen LogP contribution in [-0.2, 0) is 9.53 Å². The molecular formula is C13H14BrN3O2. The second kappa shape index (κ2) is 5.44. The summed E-state index contributed by atoms with van der Waals surface area (Å²) in [5.41, 5.74) is 6.65. The number of likely N-dealkylation sites (N-methyl/N-ethyl adjacent to an activating group) is 1. The molecule has 0 aliphatic heterocycles. The van der Waals surface area contributed by atoms with E-state index in [0.29, 0.717) is 11.5 Å². The maximum Gasteiger partial charge on any atom is 0.325 e. The number of nitrogens with two attached hydrogens (primary N) is 1. The van der Waals surface area contributed by atoms with E-state index in [1.54, 1.807) is 18.1 Å². The fraction of sp³-hybridized carbons (Fsp3) is 0.231. The van der Waals surface area contributed by atoms with Gasteiger partial charge in [0.1, 0.15) is 12.4 Å². The van der Waals surface area contributed by atoms with Crippen LogP contribution in [0.4, 0.5) is 11.5 Å². The Hall–Kier alpha value is -1.82. The molecule has 2 rings (SSSR count). The average Bonchev–Trinajstić information content (AvgIpc) is 2.39. The summed E-state index contributed by atoms with van der Waals surface area (Å²) < 4.78 is 5.53. The second-order valence-electron chi connectivity index (χ2n) is 4.13. The van der Waals surface area contributed by atoms with Gasteiger partial charge in [-0.2, -0.15) is 0 Å². The van der Waals surface area contributed by atoms with Crippen molar-refractivity contribution in [2.75, 3.05) is 31.3 Å². The van der Waals surface area contributed by atoms with Gasteiger partial charge in [0.05, 0.1) is 7.11 Å². The van der Waals surface area contributed by atoms with Gasteiger partial charge in [-0.1, -0.05) is 12.1 Å². The van der Waals surface area contributed by atoms with Crippen LogP contribution in [0.25, 0.3) is 10.8 Å². The van der Waals surface area contributed by atoms with E-state index in [1.807, 2.05) is 18.2 Å². The Morgan fingerprint density at radius 2 is 2.26 bits per heavy atom. The molecule has 0 aliphatic carbocycles. The van der Waals surface area contributed by atoms with E-state index in [-0.39, 0.29) is 12.5 Å². The number of esters is 1. The minimum Gasteiger partial charge on any atom is -0.468 e. The zero-order valence-electron chi connectivity index (χ0n) is 10.7. The van der Waals surface area contributed by atoms with Crippen molar-refractivity contribution in [3.63, 3.8) is 0 Å². The molecule has 1 aromatic carbocycles. The molecule has 0 saturated heterocycles. The van der Waals surface area contributed by atoms with E-state index in [0.717, 1.165) is 15.2 Å². The lowest BCUT2D eigenvalue weighted by Gasteiger charge is -2.19. The maximum absolute atomic E-state index is 11.4. The molecule has 2 N–H and O–H groups in total. The lowest BCUT2D eigenvalue weighted by atomic mass is 10.1. The van der Waals surface area contributed by atoms with Gasteiger partial charge in [0, 0.05) is 34.2 Å². The number of hydrogen-bond donors (Lipinski definition) is 1. The third kappa shape index (κ3) is 2.63. The van der Waals surface area contributed by atoms with Crippen molar-refractivity contribution < 1.29 is 9.53 Å². The molecule has 19 heavy (non-hydrogen) atoms. The van der Waals surface area contributed by atoms with Crippen LogP contribution >= 0.6 is 15.9 Å². The molecule has 6 heteroatoms. The molecule has 1 aromatic heterocycles. The Kier molecular flexibility index (Phi) is 3.90. The highest BCUT2D eigenvalue weighted by Crippen LogP contribution is 2.33. The molecule has 2 aromatic rings. The van der Waals surface area contributed by atoms with Crippen molar-refractivity contribution >= 4 is 44.2 Å². The maximum atomic E-state index is 11.4. The third-order valence-corrected chi connectivity index (χ3v) is 3.47. The zero-order chi connectivity index (χ0) is 14.0. The molecule has 0 unspecified atom stereocenters. The lowest BCUT2D eigenvalue weighted by molar-refractivity contribution is -0.138. The number of anilines is 2. The smallest absolute Gasteiger partial charge is 0.325 e. The SMILES string of the molecule is COC(=O)CN(C)c1ncc(Br)c2cccc(N)c12. The first kappa shape index (κ1) is 13.6. The van der Waals surface area contributed by atoms with Gasteiger partial charge in [-0.25, -0.2) is 4.98 Å². The van der Waals surface area contributed by atoms with Crippen molar-refractivity contribution in [2.24, 2.45) is 0 Å². The molecule has 100 valence electrons. The fourth-order valence-corrected chi connectivity index (χ4v) is 2.33. The van der Waals surface area contributed by atoms with Crippen molar-refractivity contribution in [3.05, 3.63) is 28.9 Å². The number of nitrogens with zero attached hydrogens (tertiary/aromatic N) is 2. The van der Waals surface area contributed by atoms with E-state index in [2.05, 4.69) is 25.7 Å². The normalized spacial score (nSPS) is 10.5. The molecule has 5 nitrogen and oxygen atoms in total. The summed E-state index contributed by atoms with van der Waals surface area (Å²) in [6.07, 6.45) is 1.70. The number of nitrogen functional groups attached to an aromatic ring is 1. The first-order chi connectivity index (χ1) is 9.04. The number of rotatable bonds is 3. The minimum atomic E-state index is -0.324. The number of pyridine rings is 1. The summed E-state index contributed by atoms with van der Waals surface area (Å²) in [7, 11) is 3.14. The summed E-state index contributed by atoms with van der Waals surface area (Å²) in [4.78, 5) is 17.4. The monoisotopic (exact) mass is 323 g/mol. The van der Waals surface area contributed by atoms with Crippen molar-refractivity contribution in [1.29, 1.82) is 0 Å². The van der Waals surface area contributed by atoms with Crippen LogP contribution in [0, 0.1) is 0 Å². The number of hydrogen-bond acceptors (Lipinski definition) is 5. The van der Waals surface area contributed by atoms with Gasteiger partial charge in [-0.3, -0.25) is 4.79 Å². The van der Waals surface area contributed by atoms with Crippen LogP contribution in [0.2, 0.25) is 0 Å². The summed E-state index contributed by atoms with van der Waals surface area (Å²) in [6.45, 7) is 0.120. The molecule has 0 bridgehead atoms. The second-order valence-corrected chi connectivity index (χ2v) is 4.99. The van der Waals surface area contributed by atoms with Crippen molar-refractivity contribution in [2.45, 2.75) is 0 Å². The molecule has 0 saturated carbocycles. The molecule has 0 atom stereocenters. The zero-order valence-corrected chi connectivity index (χ0v) is 12.3. The van der Waals surface area contributed by atoms with E-state index >= 15 is 0 Å². The number of methoxy groups -OCH3 is 1. The molecule has 0 fully saturated rings. The first-order valence-electron chi connectivity index (χ1n) is 5.65. The summed E-state index contributed by atoms with van der Waals surface area (Å²) in [5, 5.41) is 1.78. The van der Waals surface area contributed by atoms with Gasteiger partial charge < -0.3 is 15.4 Å². The number of carbonyl (C=O) groups excluding carboxylic acids is 1. The Morgan fingerprint density at radius 1 is 1.53 bits per heavy atom. The Labute approximate surface area is 119 Å². The van der Waals surface area contributed by atoms with Crippen LogP contribution in [0.3, 0.4) is 0 Å². The van der Waals surface area contributed by atoms with Crippen LogP contribution in [-0.4, -0.2) is 31.7 Å². The first-order valence-corrected chi connectivity index (χ1v) is 6.44. The molecular weight excluding hydrogens is 310 g/mol.